The van der Waals surface area contributed by atoms with Gasteiger partial charge in [0.05, 0.1) is 18.4 Å². The van der Waals surface area contributed by atoms with E-state index < -0.39 is 17.4 Å². The van der Waals surface area contributed by atoms with E-state index in [9.17, 15) is 24.3 Å². The van der Waals surface area contributed by atoms with E-state index in [2.05, 4.69) is 64.4 Å². The third-order valence-electron chi connectivity index (χ3n) is 16.8. The van der Waals surface area contributed by atoms with Gasteiger partial charge in [0, 0.05) is 50.3 Å². The molecule has 1 amide bonds. The highest BCUT2D eigenvalue weighted by Crippen LogP contribution is 2.77. The lowest BCUT2D eigenvalue weighted by Crippen LogP contribution is -2.65. The number of likely N-dealkylation sites (N-methyl/N-ethyl adjacent to an activating group) is 1. The van der Waals surface area contributed by atoms with Crippen LogP contribution in [0, 0.1) is 56.2 Å². The van der Waals surface area contributed by atoms with Gasteiger partial charge in [-0.05, 0) is 135 Å². The van der Waals surface area contributed by atoms with Crippen molar-refractivity contribution in [1.29, 1.82) is 0 Å². The molecule has 4 saturated carbocycles. The molecule has 1 N–H and O–H groups in total. The number of fused-ring (bicyclic) bond motifs is 7. The van der Waals surface area contributed by atoms with E-state index in [1.165, 1.54) is 5.57 Å². The minimum Gasteiger partial charge on any atom is -0.481 e. The molecule has 9 heteroatoms. The SMILES string of the molecule is CC(C)C1=C2C3CCC4C5(C)CCC(OC(=O)CC(C)(C)C(=O)O)C(C)(C)C5CCC4(C)C3(C)CCC2(CCN(CC(=O)N(C)C)Cc2cccnc2)CC1=O. The van der Waals surface area contributed by atoms with Crippen LogP contribution in [0.2, 0.25) is 0 Å². The maximum Gasteiger partial charge on any atom is 0.309 e. The third kappa shape index (κ3) is 7.08. The first-order valence-corrected chi connectivity index (χ1v) is 21.5. The predicted molar refractivity (Wildman–Crippen MR) is 218 cm³/mol. The fourth-order valence-corrected chi connectivity index (χ4v) is 13.5. The lowest BCUT2D eigenvalue weighted by Gasteiger charge is -2.72. The minimum atomic E-state index is -1.16. The number of ketones is 1. The molecule has 1 aromatic heterocycles. The minimum absolute atomic E-state index is 0.0413. The van der Waals surface area contributed by atoms with Crippen molar-refractivity contribution in [2.45, 2.75) is 146 Å². The van der Waals surface area contributed by atoms with Crippen molar-refractivity contribution < 1.29 is 29.0 Å². The largest absolute Gasteiger partial charge is 0.481 e. The van der Waals surface area contributed by atoms with Gasteiger partial charge in [-0.15, -0.1) is 0 Å². The van der Waals surface area contributed by atoms with Crippen LogP contribution in [-0.4, -0.2) is 76.8 Å². The van der Waals surface area contributed by atoms with Crippen molar-refractivity contribution in [1.82, 2.24) is 14.8 Å². The van der Waals surface area contributed by atoms with Crippen molar-refractivity contribution in [2.24, 2.45) is 56.2 Å². The highest BCUT2D eigenvalue weighted by Gasteiger charge is 2.70. The fourth-order valence-electron chi connectivity index (χ4n) is 13.5. The number of pyridine rings is 1. The molecule has 8 unspecified atom stereocenters. The van der Waals surface area contributed by atoms with E-state index in [0.717, 1.165) is 75.5 Å². The zero-order chi connectivity index (χ0) is 41.2. The molecule has 4 fully saturated rings. The van der Waals surface area contributed by atoms with E-state index in [1.54, 1.807) is 24.9 Å². The lowest BCUT2D eigenvalue weighted by molar-refractivity contribution is -0.233. The summed E-state index contributed by atoms with van der Waals surface area (Å²) in [6, 6.07) is 4.02. The van der Waals surface area contributed by atoms with Gasteiger partial charge in [0.25, 0.3) is 0 Å². The Morgan fingerprint density at radius 3 is 2.30 bits per heavy atom. The molecule has 0 aliphatic heterocycles. The van der Waals surface area contributed by atoms with Crippen molar-refractivity contribution in [3.05, 3.63) is 41.2 Å². The van der Waals surface area contributed by atoms with E-state index in [4.69, 9.17) is 4.74 Å². The molecule has 0 saturated heterocycles. The molecule has 9 nitrogen and oxygen atoms in total. The van der Waals surface area contributed by atoms with Gasteiger partial charge in [-0.25, -0.2) is 0 Å². The molecular weight excluding hydrogens is 703 g/mol. The summed E-state index contributed by atoms with van der Waals surface area (Å²) in [5.41, 5.74) is 2.28. The van der Waals surface area contributed by atoms with Crippen LogP contribution < -0.4 is 0 Å². The van der Waals surface area contributed by atoms with Gasteiger partial charge in [0.2, 0.25) is 5.91 Å². The number of rotatable bonds is 12. The number of esters is 1. The maximum atomic E-state index is 14.3. The zero-order valence-corrected chi connectivity index (χ0v) is 36.4. The number of Topliss-reactive ketones (excluding diaryl/α,β-unsaturated/α-hetero) is 1. The first kappa shape index (κ1) is 42.5. The first-order chi connectivity index (χ1) is 26.0. The number of amides is 1. The van der Waals surface area contributed by atoms with Gasteiger partial charge in [0.15, 0.2) is 5.78 Å². The van der Waals surface area contributed by atoms with Gasteiger partial charge >= 0.3 is 11.9 Å². The topological polar surface area (TPSA) is 117 Å². The number of carbonyl (C=O) groups is 4. The Labute approximate surface area is 336 Å². The van der Waals surface area contributed by atoms with Crippen LogP contribution >= 0.6 is 0 Å². The summed E-state index contributed by atoms with van der Waals surface area (Å²) in [7, 11) is 3.63. The molecule has 1 heterocycles. The predicted octanol–water partition coefficient (Wildman–Crippen LogP) is 8.76. The van der Waals surface area contributed by atoms with E-state index in [1.807, 2.05) is 26.4 Å². The molecular formula is C47H71N3O6. The fraction of sp³-hybridized carbons (Fsp3) is 0.766. The maximum absolute atomic E-state index is 14.3. The van der Waals surface area contributed by atoms with Gasteiger partial charge in [-0.2, -0.15) is 0 Å². The molecule has 8 atom stereocenters. The molecule has 310 valence electrons. The molecule has 5 aliphatic carbocycles. The van der Waals surface area contributed by atoms with E-state index in [-0.39, 0.29) is 51.4 Å². The zero-order valence-electron chi connectivity index (χ0n) is 36.4. The number of nitrogens with zero attached hydrogens (tertiary/aromatic N) is 3. The number of hydrogen-bond donors (Lipinski definition) is 1. The Bertz CT molecular complexity index is 1730. The van der Waals surface area contributed by atoms with Crippen molar-refractivity contribution in [2.75, 3.05) is 27.2 Å². The number of hydrogen-bond acceptors (Lipinski definition) is 7. The van der Waals surface area contributed by atoms with Crippen LogP contribution in [0.25, 0.3) is 0 Å². The average molecular weight is 774 g/mol. The van der Waals surface area contributed by atoms with Gasteiger partial charge in [0.1, 0.15) is 6.10 Å². The average Bonchev–Trinajstić information content (AvgIpc) is 3.41. The third-order valence-corrected chi connectivity index (χ3v) is 16.8. The number of aliphatic carboxylic acids is 1. The Hall–Kier alpha value is -3.07. The molecule has 6 rings (SSSR count). The second-order valence-electron chi connectivity index (χ2n) is 21.3. The van der Waals surface area contributed by atoms with Crippen LogP contribution in [-0.2, 0) is 30.5 Å². The summed E-state index contributed by atoms with van der Waals surface area (Å²) in [5, 5.41) is 9.64. The Balaban J connectivity index is 1.27. The van der Waals surface area contributed by atoms with Gasteiger partial charge in [-0.1, -0.05) is 60.1 Å². The monoisotopic (exact) mass is 774 g/mol. The number of allylic oxidation sites excluding steroid dienone is 2. The smallest absolute Gasteiger partial charge is 0.309 e. The van der Waals surface area contributed by atoms with Crippen LogP contribution in [0.1, 0.15) is 139 Å². The van der Waals surface area contributed by atoms with Gasteiger partial charge < -0.3 is 14.7 Å². The van der Waals surface area contributed by atoms with Crippen LogP contribution in [0.4, 0.5) is 0 Å². The van der Waals surface area contributed by atoms with Crippen molar-refractivity contribution in [3.63, 3.8) is 0 Å². The molecule has 0 radical (unpaired) electrons. The standard InChI is InChI=1S/C47H71N3O6/c1-30(2)39-33(51)25-47(22-24-50(29-37(52)49(10)11)28-31-13-12-23-48-27-31)21-20-45(8)32(40(39)47)14-15-35-44(7)18-17-36(56-38(53)26-42(3,4)41(54)55)43(5,6)34(44)16-19-46(35,45)9/h12-13,23,27,30,32,34-36H,14-22,24-26,28-29H2,1-11H3,(H,54,55). The molecule has 1 aromatic rings. The van der Waals surface area contributed by atoms with Crippen LogP contribution in [0.15, 0.2) is 35.7 Å². The molecule has 5 aliphatic rings. The first-order valence-electron chi connectivity index (χ1n) is 21.5. The van der Waals surface area contributed by atoms with E-state index >= 15 is 0 Å². The summed E-state index contributed by atoms with van der Waals surface area (Å²) in [5.74, 6) is 0.423. The van der Waals surface area contributed by atoms with Crippen LogP contribution in [0.3, 0.4) is 0 Å². The molecule has 0 aromatic carbocycles. The van der Waals surface area contributed by atoms with Crippen LogP contribution in [0.5, 0.6) is 0 Å². The highest BCUT2D eigenvalue weighted by atomic mass is 16.5. The molecule has 0 bridgehead atoms. The Morgan fingerprint density at radius 1 is 0.964 bits per heavy atom. The normalized spacial score (nSPS) is 35.1. The summed E-state index contributed by atoms with van der Waals surface area (Å²) >= 11 is 0. The summed E-state index contributed by atoms with van der Waals surface area (Å²) in [6.07, 6.45) is 13.0. The number of ether oxygens (including phenoxy) is 1. The highest BCUT2D eigenvalue weighted by molar-refractivity contribution is 6.00. The Morgan fingerprint density at radius 2 is 1.68 bits per heavy atom. The summed E-state index contributed by atoms with van der Waals surface area (Å²) < 4.78 is 6.19. The number of aromatic nitrogens is 1. The summed E-state index contributed by atoms with van der Waals surface area (Å²) in [4.78, 5) is 60.5. The Kier molecular flexibility index (Phi) is 11.4. The quantitative estimate of drug-likeness (QED) is 0.210. The molecule has 0 spiro atoms. The second-order valence-corrected chi connectivity index (χ2v) is 21.3. The number of carboxylic acid groups (broad SMARTS) is 1. The second kappa shape index (κ2) is 14.9. The van der Waals surface area contributed by atoms with Crippen molar-refractivity contribution in [3.8, 4) is 0 Å². The van der Waals surface area contributed by atoms with Gasteiger partial charge in [-0.3, -0.25) is 29.1 Å². The number of carbonyl (C=O) groups excluding carboxylic acids is 3. The van der Waals surface area contributed by atoms with E-state index in [0.29, 0.717) is 43.0 Å². The number of carboxylic acids is 1. The van der Waals surface area contributed by atoms with Crippen molar-refractivity contribution >= 4 is 23.6 Å². The lowest BCUT2D eigenvalue weighted by atomic mass is 9.33. The summed E-state index contributed by atoms with van der Waals surface area (Å²) in [6.45, 7) is 21.6. The molecule has 56 heavy (non-hydrogen) atoms.